The van der Waals surface area contributed by atoms with Gasteiger partial charge >= 0.3 is 12.0 Å². The van der Waals surface area contributed by atoms with Crippen LogP contribution in [0.1, 0.15) is 44.7 Å². The van der Waals surface area contributed by atoms with Gasteiger partial charge in [-0.1, -0.05) is 19.4 Å². The summed E-state index contributed by atoms with van der Waals surface area (Å²) in [4.78, 5) is 22.2. The van der Waals surface area contributed by atoms with E-state index in [0.29, 0.717) is 18.1 Å². The molecule has 0 aliphatic carbocycles. The van der Waals surface area contributed by atoms with Crippen LogP contribution in [0.4, 0.5) is 4.79 Å². The maximum absolute atomic E-state index is 11.7. The van der Waals surface area contributed by atoms with E-state index in [1.807, 2.05) is 25.1 Å². The SMILES string of the molecule is CCCCOc1ccc(C(C)NC(=O)NCCC(=O)O)cc1OC. The summed E-state index contributed by atoms with van der Waals surface area (Å²) in [6.45, 7) is 4.65. The van der Waals surface area contributed by atoms with E-state index in [1.54, 1.807) is 7.11 Å². The van der Waals surface area contributed by atoms with Gasteiger partial charge in [0.25, 0.3) is 0 Å². The maximum atomic E-state index is 11.7. The number of benzene rings is 1. The number of methoxy groups -OCH3 is 1. The highest BCUT2D eigenvalue weighted by Crippen LogP contribution is 2.30. The topological polar surface area (TPSA) is 96.9 Å². The Balaban J connectivity index is 2.61. The molecular weight excluding hydrogens is 312 g/mol. The molecule has 0 bridgehead atoms. The van der Waals surface area contributed by atoms with Crippen molar-refractivity contribution >= 4 is 12.0 Å². The molecule has 1 rings (SSSR count). The van der Waals surface area contributed by atoms with Crippen LogP contribution in [0.5, 0.6) is 11.5 Å². The Morgan fingerprint density at radius 3 is 2.67 bits per heavy atom. The van der Waals surface area contributed by atoms with Crippen LogP contribution in [0.25, 0.3) is 0 Å². The van der Waals surface area contributed by atoms with Gasteiger partial charge in [-0.25, -0.2) is 4.79 Å². The van der Waals surface area contributed by atoms with Gasteiger partial charge in [0.2, 0.25) is 0 Å². The van der Waals surface area contributed by atoms with Crippen molar-refractivity contribution in [3.63, 3.8) is 0 Å². The number of carbonyl (C=O) groups excluding carboxylic acids is 1. The van der Waals surface area contributed by atoms with Crippen molar-refractivity contribution in [2.24, 2.45) is 0 Å². The first-order valence-electron chi connectivity index (χ1n) is 8.04. The van der Waals surface area contributed by atoms with Crippen LogP contribution in [-0.2, 0) is 4.79 Å². The predicted molar refractivity (Wildman–Crippen MR) is 90.6 cm³/mol. The minimum Gasteiger partial charge on any atom is -0.493 e. The van der Waals surface area contributed by atoms with Crippen molar-refractivity contribution in [3.05, 3.63) is 23.8 Å². The van der Waals surface area contributed by atoms with Crippen LogP contribution in [0.15, 0.2) is 18.2 Å². The summed E-state index contributed by atoms with van der Waals surface area (Å²) in [6.07, 6.45) is 1.91. The summed E-state index contributed by atoms with van der Waals surface area (Å²) in [7, 11) is 1.57. The number of carbonyl (C=O) groups is 2. The van der Waals surface area contributed by atoms with Gasteiger partial charge in [-0.05, 0) is 31.0 Å². The zero-order valence-electron chi connectivity index (χ0n) is 14.4. The molecule has 7 nitrogen and oxygen atoms in total. The Hall–Kier alpha value is -2.44. The van der Waals surface area contributed by atoms with E-state index < -0.39 is 12.0 Å². The maximum Gasteiger partial charge on any atom is 0.315 e. The molecular formula is C17H26N2O5. The van der Waals surface area contributed by atoms with Crippen LogP contribution in [0, 0.1) is 0 Å². The fourth-order valence-electron chi connectivity index (χ4n) is 2.01. The third-order valence-corrected chi connectivity index (χ3v) is 3.42. The van der Waals surface area contributed by atoms with Crippen LogP contribution >= 0.6 is 0 Å². The Bertz CT molecular complexity index is 548. The summed E-state index contributed by atoms with van der Waals surface area (Å²) < 4.78 is 11.0. The second-order valence-corrected chi connectivity index (χ2v) is 5.38. The molecule has 0 radical (unpaired) electrons. The highest BCUT2D eigenvalue weighted by Gasteiger charge is 2.13. The van der Waals surface area contributed by atoms with E-state index in [-0.39, 0.29) is 19.0 Å². The average Bonchev–Trinajstić information content (AvgIpc) is 2.54. The molecule has 134 valence electrons. The molecule has 2 amide bonds. The van der Waals surface area contributed by atoms with Crippen molar-refractivity contribution in [1.82, 2.24) is 10.6 Å². The van der Waals surface area contributed by atoms with Crippen LogP contribution in [0.3, 0.4) is 0 Å². The zero-order valence-corrected chi connectivity index (χ0v) is 14.4. The molecule has 0 aromatic heterocycles. The quantitative estimate of drug-likeness (QED) is 0.570. The van der Waals surface area contributed by atoms with Gasteiger partial charge in [0.15, 0.2) is 11.5 Å². The lowest BCUT2D eigenvalue weighted by Gasteiger charge is -2.17. The zero-order chi connectivity index (χ0) is 17.9. The summed E-state index contributed by atoms with van der Waals surface area (Å²) in [5, 5.41) is 13.8. The fraction of sp³-hybridized carbons (Fsp3) is 0.529. The van der Waals surface area contributed by atoms with Crippen LogP contribution < -0.4 is 20.1 Å². The number of urea groups is 1. The molecule has 1 atom stereocenters. The monoisotopic (exact) mass is 338 g/mol. The molecule has 0 saturated heterocycles. The minimum absolute atomic E-state index is 0.0847. The number of nitrogens with one attached hydrogen (secondary N) is 2. The molecule has 0 saturated carbocycles. The fourth-order valence-corrected chi connectivity index (χ4v) is 2.01. The van der Waals surface area contributed by atoms with E-state index in [9.17, 15) is 9.59 Å². The second-order valence-electron chi connectivity index (χ2n) is 5.38. The number of aliphatic carboxylic acids is 1. The largest absolute Gasteiger partial charge is 0.493 e. The molecule has 0 spiro atoms. The number of unbranched alkanes of at least 4 members (excludes halogenated alkanes) is 1. The van der Waals surface area contributed by atoms with Crippen molar-refractivity contribution in [2.75, 3.05) is 20.3 Å². The van der Waals surface area contributed by atoms with Crippen LogP contribution in [-0.4, -0.2) is 37.4 Å². The summed E-state index contributed by atoms with van der Waals surface area (Å²) in [5.41, 5.74) is 0.864. The molecule has 0 heterocycles. The lowest BCUT2D eigenvalue weighted by molar-refractivity contribution is -0.136. The smallest absolute Gasteiger partial charge is 0.315 e. The number of hydrogen-bond donors (Lipinski definition) is 3. The van der Waals surface area contributed by atoms with Crippen molar-refractivity contribution < 1.29 is 24.2 Å². The van der Waals surface area contributed by atoms with E-state index in [2.05, 4.69) is 17.6 Å². The highest BCUT2D eigenvalue weighted by atomic mass is 16.5. The Morgan fingerprint density at radius 1 is 1.29 bits per heavy atom. The van der Waals surface area contributed by atoms with E-state index >= 15 is 0 Å². The van der Waals surface area contributed by atoms with Gasteiger partial charge in [0.1, 0.15) is 0 Å². The Morgan fingerprint density at radius 2 is 2.04 bits per heavy atom. The lowest BCUT2D eigenvalue weighted by atomic mass is 10.1. The molecule has 0 aliphatic rings. The molecule has 0 aliphatic heterocycles. The molecule has 1 aromatic rings. The summed E-state index contributed by atoms with van der Waals surface area (Å²) >= 11 is 0. The minimum atomic E-state index is -0.952. The molecule has 1 unspecified atom stereocenters. The number of carboxylic acid groups (broad SMARTS) is 1. The third-order valence-electron chi connectivity index (χ3n) is 3.42. The Labute approximate surface area is 142 Å². The van der Waals surface area contributed by atoms with Gasteiger partial charge in [-0.3, -0.25) is 4.79 Å². The first kappa shape index (κ1) is 19.6. The van der Waals surface area contributed by atoms with Gasteiger partial charge in [0, 0.05) is 6.54 Å². The first-order valence-corrected chi connectivity index (χ1v) is 8.04. The van der Waals surface area contributed by atoms with Crippen LogP contribution in [0.2, 0.25) is 0 Å². The first-order chi connectivity index (χ1) is 11.5. The highest BCUT2D eigenvalue weighted by molar-refractivity contribution is 5.75. The molecule has 24 heavy (non-hydrogen) atoms. The number of ether oxygens (including phenoxy) is 2. The normalized spacial score (nSPS) is 11.5. The van der Waals surface area contributed by atoms with Crippen molar-refractivity contribution in [1.29, 1.82) is 0 Å². The summed E-state index contributed by atoms with van der Waals surface area (Å²) in [6, 6.07) is 4.85. The predicted octanol–water partition coefficient (Wildman–Crippen LogP) is 2.71. The van der Waals surface area contributed by atoms with E-state index in [4.69, 9.17) is 14.6 Å². The van der Waals surface area contributed by atoms with E-state index in [0.717, 1.165) is 18.4 Å². The van der Waals surface area contributed by atoms with E-state index in [1.165, 1.54) is 0 Å². The number of rotatable bonds is 10. The molecule has 3 N–H and O–H groups in total. The number of amides is 2. The average molecular weight is 338 g/mol. The summed E-state index contributed by atoms with van der Waals surface area (Å²) in [5.74, 6) is 0.336. The number of hydrogen-bond acceptors (Lipinski definition) is 4. The molecule has 0 fully saturated rings. The third kappa shape index (κ3) is 6.76. The van der Waals surface area contributed by atoms with Crippen molar-refractivity contribution in [3.8, 4) is 11.5 Å². The Kier molecular flexibility index (Phi) is 8.46. The molecule has 1 aromatic carbocycles. The van der Waals surface area contributed by atoms with Gasteiger partial charge < -0.3 is 25.2 Å². The van der Waals surface area contributed by atoms with Crippen molar-refractivity contribution in [2.45, 2.75) is 39.2 Å². The van der Waals surface area contributed by atoms with Gasteiger partial charge in [-0.15, -0.1) is 0 Å². The van der Waals surface area contributed by atoms with Gasteiger partial charge in [0.05, 0.1) is 26.2 Å². The standard InChI is InChI=1S/C17H26N2O5/c1-4-5-10-24-14-7-6-13(11-15(14)23-3)12(2)19-17(22)18-9-8-16(20)21/h6-7,11-12H,4-5,8-10H2,1-3H3,(H,20,21)(H2,18,19,22). The second kappa shape index (κ2) is 10.4. The number of carboxylic acids is 1. The lowest BCUT2D eigenvalue weighted by Crippen LogP contribution is -2.38. The van der Waals surface area contributed by atoms with Gasteiger partial charge in [-0.2, -0.15) is 0 Å². The molecule has 7 heteroatoms.